The minimum atomic E-state index is -0.630. The highest BCUT2D eigenvalue weighted by Crippen LogP contribution is 2.29. The lowest BCUT2D eigenvalue weighted by molar-refractivity contribution is -0.141. The highest BCUT2D eigenvalue weighted by atomic mass is 32.2. The molecule has 0 bridgehead atoms. The van der Waals surface area contributed by atoms with Gasteiger partial charge in [0.25, 0.3) is 0 Å². The molecular formula is C23H26FN5O3S. The number of ether oxygens (including phenoxy) is 2. The summed E-state index contributed by atoms with van der Waals surface area (Å²) in [5.74, 6) is 0.543. The van der Waals surface area contributed by atoms with E-state index in [1.807, 2.05) is 38.1 Å². The number of nitrogens with one attached hydrogen (secondary N) is 2. The lowest BCUT2D eigenvalue weighted by Gasteiger charge is -2.19. The smallest absolute Gasteiger partial charge is 0.328 e. The molecule has 0 unspecified atom stereocenters. The third-order valence-corrected chi connectivity index (χ3v) is 5.30. The molecule has 0 radical (unpaired) electrons. The maximum absolute atomic E-state index is 13.6. The van der Waals surface area contributed by atoms with Gasteiger partial charge in [0.05, 0.1) is 14.2 Å². The van der Waals surface area contributed by atoms with Gasteiger partial charge in [-0.05, 0) is 60.5 Å². The summed E-state index contributed by atoms with van der Waals surface area (Å²) in [6, 6.07) is 12.8. The van der Waals surface area contributed by atoms with Crippen LogP contribution in [0.5, 0.6) is 5.75 Å². The number of aromatic nitrogens is 3. The van der Waals surface area contributed by atoms with E-state index in [9.17, 15) is 9.18 Å². The largest absolute Gasteiger partial charge is 0.497 e. The molecule has 0 saturated heterocycles. The molecule has 2 aromatic carbocycles. The van der Waals surface area contributed by atoms with Gasteiger partial charge in [-0.1, -0.05) is 26.0 Å². The third kappa shape index (κ3) is 7.31. The van der Waals surface area contributed by atoms with Gasteiger partial charge in [-0.2, -0.15) is 15.0 Å². The molecule has 0 aliphatic carbocycles. The van der Waals surface area contributed by atoms with Gasteiger partial charge in [0, 0.05) is 10.6 Å². The summed E-state index contributed by atoms with van der Waals surface area (Å²) in [5.41, 5.74) is 0.483. The fourth-order valence-electron chi connectivity index (χ4n) is 2.97. The third-order valence-electron chi connectivity index (χ3n) is 4.44. The topological polar surface area (TPSA) is 98.3 Å². The average molecular weight is 472 g/mol. The molecular weight excluding hydrogens is 445 g/mol. The monoisotopic (exact) mass is 471 g/mol. The lowest BCUT2D eigenvalue weighted by Crippen LogP contribution is -2.33. The van der Waals surface area contributed by atoms with Crippen molar-refractivity contribution in [3.8, 4) is 5.75 Å². The van der Waals surface area contributed by atoms with Crippen LogP contribution in [-0.4, -0.2) is 41.2 Å². The molecule has 0 aliphatic heterocycles. The molecule has 1 heterocycles. The summed E-state index contributed by atoms with van der Waals surface area (Å²) >= 11 is 1.30. The summed E-state index contributed by atoms with van der Waals surface area (Å²) in [6.07, 6.45) is 0.531. The van der Waals surface area contributed by atoms with Crippen molar-refractivity contribution in [2.75, 3.05) is 24.9 Å². The normalized spacial score (nSPS) is 11.7. The molecule has 2 N–H and O–H groups in total. The number of esters is 1. The number of hydrogen-bond donors (Lipinski definition) is 2. The van der Waals surface area contributed by atoms with Crippen LogP contribution in [-0.2, 0) is 9.53 Å². The second-order valence-corrected chi connectivity index (χ2v) is 8.57. The van der Waals surface area contributed by atoms with Crippen LogP contribution in [0.15, 0.2) is 58.6 Å². The number of methoxy groups -OCH3 is 2. The van der Waals surface area contributed by atoms with Crippen molar-refractivity contribution in [2.24, 2.45) is 5.92 Å². The molecule has 8 nitrogen and oxygen atoms in total. The van der Waals surface area contributed by atoms with Gasteiger partial charge in [0.2, 0.25) is 11.9 Å². The van der Waals surface area contributed by atoms with Gasteiger partial charge in [0.15, 0.2) is 5.16 Å². The summed E-state index contributed by atoms with van der Waals surface area (Å²) < 4.78 is 23.8. The van der Waals surface area contributed by atoms with Crippen molar-refractivity contribution in [1.29, 1.82) is 0 Å². The van der Waals surface area contributed by atoms with E-state index in [0.29, 0.717) is 23.0 Å². The van der Waals surface area contributed by atoms with Crippen molar-refractivity contribution in [3.05, 3.63) is 54.3 Å². The first-order chi connectivity index (χ1) is 15.9. The molecule has 33 heavy (non-hydrogen) atoms. The maximum atomic E-state index is 13.6. The van der Waals surface area contributed by atoms with E-state index in [1.54, 1.807) is 19.2 Å². The molecule has 3 rings (SSSR count). The predicted octanol–water partition coefficient (Wildman–Crippen LogP) is 4.91. The Morgan fingerprint density at radius 1 is 1.06 bits per heavy atom. The molecule has 1 atom stereocenters. The number of rotatable bonds is 10. The minimum absolute atomic E-state index is 0.199. The molecule has 10 heteroatoms. The van der Waals surface area contributed by atoms with E-state index in [1.165, 1.54) is 31.0 Å². The predicted molar refractivity (Wildman–Crippen MR) is 126 cm³/mol. The zero-order valence-corrected chi connectivity index (χ0v) is 19.6. The van der Waals surface area contributed by atoms with E-state index < -0.39 is 12.0 Å². The quantitative estimate of drug-likeness (QED) is 0.400. The first kappa shape index (κ1) is 24.2. The fraction of sp³-hybridized carbons (Fsp3) is 0.304. The Kier molecular flexibility index (Phi) is 8.42. The van der Waals surface area contributed by atoms with Crippen LogP contribution in [0.2, 0.25) is 0 Å². The Morgan fingerprint density at radius 3 is 2.52 bits per heavy atom. The van der Waals surface area contributed by atoms with Crippen LogP contribution in [0.3, 0.4) is 0 Å². The molecule has 0 spiro atoms. The molecule has 3 aromatic rings. The van der Waals surface area contributed by atoms with E-state index >= 15 is 0 Å². The summed E-state index contributed by atoms with van der Waals surface area (Å²) in [7, 11) is 2.93. The standard InChI is InChI=1S/C23H26FN5O3S/c1-14(2)11-19(20(30)32-4)26-22-27-21(25-16-8-5-7-15(24)12-16)28-23(29-22)33-18-10-6-9-17(13-18)31-3/h5-10,12-14,19H,11H2,1-4H3,(H2,25,26,27,28,29)/t19-/m0/s1. The Morgan fingerprint density at radius 2 is 1.82 bits per heavy atom. The van der Waals surface area contributed by atoms with Crippen molar-refractivity contribution in [2.45, 2.75) is 36.4 Å². The Labute approximate surface area is 196 Å². The number of anilines is 3. The van der Waals surface area contributed by atoms with Crippen LogP contribution in [0.4, 0.5) is 22.0 Å². The number of benzene rings is 2. The van der Waals surface area contributed by atoms with Gasteiger partial charge in [-0.25, -0.2) is 9.18 Å². The molecule has 0 aliphatic rings. The van der Waals surface area contributed by atoms with E-state index in [2.05, 4.69) is 25.6 Å². The zero-order valence-electron chi connectivity index (χ0n) is 18.8. The van der Waals surface area contributed by atoms with Gasteiger partial charge in [-0.3, -0.25) is 0 Å². The van der Waals surface area contributed by atoms with Gasteiger partial charge in [-0.15, -0.1) is 0 Å². The van der Waals surface area contributed by atoms with Crippen molar-refractivity contribution < 1.29 is 18.7 Å². The van der Waals surface area contributed by atoms with Crippen LogP contribution < -0.4 is 15.4 Å². The Balaban J connectivity index is 1.94. The SMILES string of the molecule is COC(=O)[C@H](CC(C)C)Nc1nc(Nc2cccc(F)c2)nc(Sc2cccc(OC)c2)n1. The van der Waals surface area contributed by atoms with Gasteiger partial charge in [0.1, 0.15) is 17.6 Å². The van der Waals surface area contributed by atoms with E-state index in [4.69, 9.17) is 9.47 Å². The first-order valence-corrected chi connectivity index (χ1v) is 11.1. The van der Waals surface area contributed by atoms with Crippen molar-refractivity contribution >= 4 is 35.3 Å². The minimum Gasteiger partial charge on any atom is -0.497 e. The second kappa shape index (κ2) is 11.5. The Bertz CT molecular complexity index is 1100. The van der Waals surface area contributed by atoms with Crippen molar-refractivity contribution in [3.63, 3.8) is 0 Å². The highest BCUT2D eigenvalue weighted by molar-refractivity contribution is 7.99. The van der Waals surface area contributed by atoms with E-state index in [-0.39, 0.29) is 23.6 Å². The van der Waals surface area contributed by atoms with Crippen LogP contribution in [0, 0.1) is 11.7 Å². The fourth-order valence-corrected chi connectivity index (χ4v) is 3.77. The summed E-state index contributed by atoms with van der Waals surface area (Å²) in [5, 5.41) is 6.44. The molecule has 0 fully saturated rings. The zero-order chi connectivity index (χ0) is 23.8. The first-order valence-electron chi connectivity index (χ1n) is 10.3. The van der Waals surface area contributed by atoms with E-state index in [0.717, 1.165) is 4.90 Å². The number of nitrogens with zero attached hydrogens (tertiary/aromatic N) is 3. The number of hydrogen-bond acceptors (Lipinski definition) is 9. The Hall–Kier alpha value is -3.40. The van der Waals surface area contributed by atoms with Crippen LogP contribution in [0.25, 0.3) is 0 Å². The molecule has 174 valence electrons. The lowest BCUT2D eigenvalue weighted by atomic mass is 10.0. The summed E-state index contributed by atoms with van der Waals surface area (Å²) in [6.45, 7) is 4.01. The second-order valence-electron chi connectivity index (χ2n) is 7.53. The molecule has 1 aromatic heterocycles. The van der Waals surface area contributed by atoms with Gasteiger partial charge < -0.3 is 20.1 Å². The number of carbonyl (C=O) groups is 1. The highest BCUT2D eigenvalue weighted by Gasteiger charge is 2.22. The number of carbonyl (C=O) groups excluding carboxylic acids is 1. The van der Waals surface area contributed by atoms with Crippen molar-refractivity contribution in [1.82, 2.24) is 15.0 Å². The number of halogens is 1. The average Bonchev–Trinajstić information content (AvgIpc) is 2.78. The summed E-state index contributed by atoms with van der Waals surface area (Å²) in [4.78, 5) is 26.4. The van der Waals surface area contributed by atoms with Crippen LogP contribution in [0.1, 0.15) is 20.3 Å². The van der Waals surface area contributed by atoms with Gasteiger partial charge >= 0.3 is 5.97 Å². The molecule has 0 saturated carbocycles. The maximum Gasteiger partial charge on any atom is 0.328 e. The molecule has 0 amide bonds. The van der Waals surface area contributed by atoms with Crippen LogP contribution >= 0.6 is 11.8 Å².